The highest BCUT2D eigenvalue weighted by atomic mass is 19.4. The molecular formula is C10H10F3N. The van der Waals surface area contributed by atoms with Crippen molar-refractivity contribution in [3.63, 3.8) is 0 Å². The monoisotopic (exact) mass is 201 g/mol. The second-order valence-corrected chi connectivity index (χ2v) is 2.76. The number of rotatable bonds is 2. The molecule has 0 atom stereocenters. The summed E-state index contributed by atoms with van der Waals surface area (Å²) in [7, 11) is 0. The van der Waals surface area contributed by atoms with Gasteiger partial charge in [-0.15, -0.1) is 0 Å². The molecule has 0 aliphatic carbocycles. The Balaban J connectivity index is 2.84. The summed E-state index contributed by atoms with van der Waals surface area (Å²) in [6, 6.07) is 4.77. The highest BCUT2D eigenvalue weighted by Gasteiger charge is 2.29. The topological polar surface area (TPSA) is 12.4 Å². The van der Waals surface area contributed by atoms with Gasteiger partial charge in [0.2, 0.25) is 0 Å². The van der Waals surface area contributed by atoms with E-state index in [2.05, 4.69) is 4.99 Å². The van der Waals surface area contributed by atoms with Crippen molar-refractivity contribution < 1.29 is 13.2 Å². The molecule has 0 spiro atoms. The normalized spacial score (nSPS) is 12.3. The van der Waals surface area contributed by atoms with E-state index >= 15 is 0 Å². The third-order valence-electron chi connectivity index (χ3n) is 1.62. The summed E-state index contributed by atoms with van der Waals surface area (Å²) in [6.07, 6.45) is -1.85. The van der Waals surface area contributed by atoms with Crippen LogP contribution in [0.1, 0.15) is 18.9 Å². The number of benzene rings is 1. The Kier molecular flexibility index (Phi) is 3.28. The highest BCUT2D eigenvalue weighted by molar-refractivity contribution is 5.62. The van der Waals surface area contributed by atoms with Gasteiger partial charge in [-0.2, -0.15) is 13.2 Å². The maximum absolute atomic E-state index is 12.1. The van der Waals surface area contributed by atoms with Crippen LogP contribution in [0.4, 0.5) is 18.9 Å². The Morgan fingerprint density at radius 3 is 2.21 bits per heavy atom. The van der Waals surface area contributed by atoms with E-state index in [0.29, 0.717) is 5.69 Å². The molecule has 14 heavy (non-hydrogen) atoms. The fraction of sp³-hybridized carbons (Fsp3) is 0.300. The molecule has 1 aromatic rings. The van der Waals surface area contributed by atoms with Gasteiger partial charge in [0.05, 0.1) is 11.3 Å². The first-order valence-corrected chi connectivity index (χ1v) is 4.24. The van der Waals surface area contributed by atoms with Crippen LogP contribution in [0.15, 0.2) is 29.3 Å². The quantitative estimate of drug-likeness (QED) is 0.645. The van der Waals surface area contributed by atoms with Gasteiger partial charge in [0.25, 0.3) is 0 Å². The summed E-state index contributed by atoms with van der Waals surface area (Å²) < 4.78 is 36.4. The number of nitrogens with zero attached hydrogens (tertiary/aromatic N) is 1. The molecule has 0 heterocycles. The van der Waals surface area contributed by atoms with Crippen molar-refractivity contribution in [3.8, 4) is 0 Å². The molecule has 0 bridgehead atoms. The van der Waals surface area contributed by atoms with Crippen LogP contribution in [0, 0.1) is 0 Å². The Labute approximate surface area is 80.3 Å². The zero-order chi connectivity index (χ0) is 10.6. The Bertz CT molecular complexity index is 311. The zero-order valence-corrected chi connectivity index (χ0v) is 7.67. The Hall–Kier alpha value is -1.32. The lowest BCUT2D eigenvalue weighted by Gasteiger charge is -2.05. The minimum absolute atomic E-state index is 0.542. The van der Waals surface area contributed by atoms with Gasteiger partial charge in [-0.25, -0.2) is 0 Å². The first-order valence-electron chi connectivity index (χ1n) is 4.24. The van der Waals surface area contributed by atoms with Gasteiger partial charge in [-0.3, -0.25) is 4.99 Å². The van der Waals surface area contributed by atoms with Gasteiger partial charge in [0.15, 0.2) is 0 Å². The molecule has 1 rings (SSSR count). The molecule has 0 saturated carbocycles. The van der Waals surface area contributed by atoms with Gasteiger partial charge in [0.1, 0.15) is 0 Å². The number of aliphatic imine (C=N–C) groups is 1. The average Bonchev–Trinajstić information content (AvgIpc) is 2.14. The predicted octanol–water partition coefficient (Wildman–Crippen LogP) is 3.82. The van der Waals surface area contributed by atoms with Crippen LogP contribution in [-0.4, -0.2) is 6.21 Å². The Morgan fingerprint density at radius 2 is 1.79 bits per heavy atom. The molecular weight excluding hydrogens is 191 g/mol. The third kappa shape index (κ3) is 2.87. The summed E-state index contributed by atoms with van der Waals surface area (Å²) in [5.74, 6) is 0. The van der Waals surface area contributed by atoms with Crippen LogP contribution >= 0.6 is 0 Å². The largest absolute Gasteiger partial charge is 0.416 e. The fourth-order valence-electron chi connectivity index (χ4n) is 0.933. The Morgan fingerprint density at radius 1 is 1.21 bits per heavy atom. The van der Waals surface area contributed by atoms with Gasteiger partial charge in [0, 0.05) is 6.21 Å². The van der Waals surface area contributed by atoms with Crippen molar-refractivity contribution in [1.82, 2.24) is 0 Å². The van der Waals surface area contributed by atoms with Crippen LogP contribution in [0.25, 0.3) is 0 Å². The van der Waals surface area contributed by atoms with Gasteiger partial charge < -0.3 is 0 Å². The van der Waals surface area contributed by atoms with Gasteiger partial charge in [-0.1, -0.05) is 6.92 Å². The van der Waals surface area contributed by atoms with E-state index in [1.807, 2.05) is 6.92 Å². The molecule has 0 aliphatic heterocycles. The van der Waals surface area contributed by atoms with Crippen LogP contribution in [-0.2, 0) is 6.18 Å². The van der Waals surface area contributed by atoms with Gasteiger partial charge >= 0.3 is 6.18 Å². The molecule has 1 aromatic carbocycles. The maximum atomic E-state index is 12.1. The molecule has 0 radical (unpaired) electrons. The molecule has 1 nitrogen and oxygen atoms in total. The van der Waals surface area contributed by atoms with Crippen molar-refractivity contribution in [1.29, 1.82) is 0 Å². The lowest BCUT2D eigenvalue weighted by Crippen LogP contribution is -2.03. The smallest absolute Gasteiger partial charge is 0.261 e. The second-order valence-electron chi connectivity index (χ2n) is 2.76. The second kappa shape index (κ2) is 4.26. The molecule has 0 aromatic heterocycles. The molecule has 0 unspecified atom stereocenters. The number of halogens is 3. The standard InChI is InChI=1S/C10H10F3N/c1-2-7-14-9-5-3-8(4-6-9)10(11,12)13/h3-7H,2H2,1H3/b14-7+. The summed E-state index contributed by atoms with van der Waals surface area (Å²) >= 11 is 0. The SMILES string of the molecule is CC/C=N/c1ccc(C(F)(F)F)cc1. The lowest BCUT2D eigenvalue weighted by atomic mass is 10.2. The molecule has 0 amide bonds. The maximum Gasteiger partial charge on any atom is 0.416 e. The summed E-state index contributed by atoms with van der Waals surface area (Å²) in [5, 5.41) is 0. The van der Waals surface area contributed by atoms with Crippen molar-refractivity contribution in [2.24, 2.45) is 4.99 Å². The van der Waals surface area contributed by atoms with E-state index in [1.54, 1.807) is 6.21 Å². The van der Waals surface area contributed by atoms with Gasteiger partial charge in [-0.05, 0) is 30.7 Å². The van der Waals surface area contributed by atoms with E-state index in [9.17, 15) is 13.2 Å². The molecule has 0 aliphatic rings. The lowest BCUT2D eigenvalue weighted by molar-refractivity contribution is -0.137. The first kappa shape index (κ1) is 10.8. The van der Waals surface area contributed by atoms with Crippen LogP contribution in [0.3, 0.4) is 0 Å². The predicted molar refractivity (Wildman–Crippen MR) is 49.9 cm³/mol. The van der Waals surface area contributed by atoms with E-state index < -0.39 is 11.7 Å². The molecule has 0 saturated heterocycles. The number of hydrogen-bond donors (Lipinski definition) is 0. The van der Waals surface area contributed by atoms with E-state index in [-0.39, 0.29) is 0 Å². The number of alkyl halides is 3. The summed E-state index contributed by atoms with van der Waals surface area (Å²) in [6.45, 7) is 1.91. The minimum Gasteiger partial charge on any atom is -0.261 e. The van der Waals surface area contributed by atoms with Crippen molar-refractivity contribution in [2.75, 3.05) is 0 Å². The minimum atomic E-state index is -4.27. The summed E-state index contributed by atoms with van der Waals surface area (Å²) in [5.41, 5.74) is -0.104. The fourth-order valence-corrected chi connectivity index (χ4v) is 0.933. The third-order valence-corrected chi connectivity index (χ3v) is 1.62. The molecule has 76 valence electrons. The van der Waals surface area contributed by atoms with E-state index in [4.69, 9.17) is 0 Å². The van der Waals surface area contributed by atoms with Crippen molar-refractivity contribution >= 4 is 11.9 Å². The molecule has 0 N–H and O–H groups in total. The first-order chi connectivity index (χ1) is 6.54. The van der Waals surface area contributed by atoms with Crippen LogP contribution in [0.2, 0.25) is 0 Å². The van der Waals surface area contributed by atoms with Crippen molar-refractivity contribution in [3.05, 3.63) is 29.8 Å². The van der Waals surface area contributed by atoms with Crippen LogP contribution in [0.5, 0.6) is 0 Å². The zero-order valence-electron chi connectivity index (χ0n) is 7.67. The van der Waals surface area contributed by atoms with E-state index in [0.717, 1.165) is 18.6 Å². The molecule has 4 heteroatoms. The van der Waals surface area contributed by atoms with E-state index in [1.165, 1.54) is 12.1 Å². The summed E-state index contributed by atoms with van der Waals surface area (Å²) in [4.78, 5) is 3.96. The highest BCUT2D eigenvalue weighted by Crippen LogP contribution is 2.30. The molecule has 0 fully saturated rings. The van der Waals surface area contributed by atoms with Crippen LogP contribution < -0.4 is 0 Å². The number of hydrogen-bond acceptors (Lipinski definition) is 1. The average molecular weight is 201 g/mol. The van der Waals surface area contributed by atoms with Crippen molar-refractivity contribution in [2.45, 2.75) is 19.5 Å².